The lowest BCUT2D eigenvalue weighted by Crippen LogP contribution is -2.19. The number of benzene rings is 2. The van der Waals surface area contributed by atoms with Crippen LogP contribution in [-0.4, -0.2) is 43.3 Å². The summed E-state index contributed by atoms with van der Waals surface area (Å²) in [7, 11) is 4.06. The smallest absolute Gasteiger partial charge is 0.229 e. The van der Waals surface area contributed by atoms with Gasteiger partial charge in [-0.1, -0.05) is 12.1 Å². The summed E-state index contributed by atoms with van der Waals surface area (Å²) < 4.78 is 5.72. The van der Waals surface area contributed by atoms with Gasteiger partial charge in [-0.3, -0.25) is 0 Å². The molecular weight excluding hydrogens is 338 g/mol. The summed E-state index contributed by atoms with van der Waals surface area (Å²) in [6, 6.07) is 16.3. The average Bonchev–Trinajstić information content (AvgIpc) is 3.20. The predicted molar refractivity (Wildman–Crippen MR) is 111 cm³/mol. The standard InChI is InChI=1S/C21H25N5O/c1-26(2)16-11-9-15(10-12-16)23-21-24-19-8-4-3-7-18(19)20(25-21)22-14-17-6-5-13-27-17/h3-4,7-12,17H,5-6,13-14H2,1-2H3,(H2,22,23,24,25). The van der Waals surface area contributed by atoms with Crippen molar-refractivity contribution in [3.63, 3.8) is 0 Å². The molecule has 27 heavy (non-hydrogen) atoms. The van der Waals surface area contributed by atoms with Crippen LogP contribution in [0.4, 0.5) is 23.1 Å². The summed E-state index contributed by atoms with van der Waals surface area (Å²) in [4.78, 5) is 11.5. The molecule has 1 aliphatic rings. The van der Waals surface area contributed by atoms with Gasteiger partial charge in [-0.15, -0.1) is 0 Å². The van der Waals surface area contributed by atoms with E-state index in [1.54, 1.807) is 0 Å². The van der Waals surface area contributed by atoms with Crippen LogP contribution < -0.4 is 15.5 Å². The molecular formula is C21H25N5O. The maximum Gasteiger partial charge on any atom is 0.229 e. The lowest BCUT2D eigenvalue weighted by Gasteiger charge is -2.15. The van der Waals surface area contributed by atoms with E-state index in [2.05, 4.69) is 32.7 Å². The lowest BCUT2D eigenvalue weighted by atomic mass is 10.2. The molecule has 6 heteroatoms. The highest BCUT2D eigenvalue weighted by Crippen LogP contribution is 2.25. The molecule has 2 heterocycles. The van der Waals surface area contributed by atoms with Gasteiger partial charge in [-0.05, 0) is 49.2 Å². The summed E-state index contributed by atoms with van der Waals surface area (Å²) in [5.74, 6) is 1.42. The summed E-state index contributed by atoms with van der Waals surface area (Å²) in [5, 5.41) is 7.79. The zero-order valence-corrected chi connectivity index (χ0v) is 15.8. The van der Waals surface area contributed by atoms with Crippen LogP contribution in [0, 0.1) is 0 Å². The second-order valence-electron chi connectivity index (χ2n) is 7.00. The van der Waals surface area contributed by atoms with Crippen LogP contribution in [0.1, 0.15) is 12.8 Å². The normalized spacial score (nSPS) is 16.4. The van der Waals surface area contributed by atoms with Crippen molar-refractivity contribution in [3.05, 3.63) is 48.5 Å². The zero-order valence-electron chi connectivity index (χ0n) is 15.8. The Morgan fingerprint density at radius 3 is 2.63 bits per heavy atom. The second-order valence-corrected chi connectivity index (χ2v) is 7.00. The van der Waals surface area contributed by atoms with Gasteiger partial charge in [0.1, 0.15) is 5.82 Å². The topological polar surface area (TPSA) is 62.3 Å². The van der Waals surface area contributed by atoms with Crippen LogP contribution in [0.15, 0.2) is 48.5 Å². The maximum absolute atomic E-state index is 5.72. The third-order valence-corrected chi connectivity index (χ3v) is 4.76. The van der Waals surface area contributed by atoms with Crippen molar-refractivity contribution in [1.82, 2.24) is 9.97 Å². The molecule has 1 unspecified atom stereocenters. The highest BCUT2D eigenvalue weighted by atomic mass is 16.5. The fourth-order valence-electron chi connectivity index (χ4n) is 3.26. The second kappa shape index (κ2) is 7.80. The molecule has 3 aromatic rings. The van der Waals surface area contributed by atoms with E-state index in [9.17, 15) is 0 Å². The van der Waals surface area contributed by atoms with Crippen LogP contribution in [0.5, 0.6) is 0 Å². The number of fused-ring (bicyclic) bond motifs is 1. The third kappa shape index (κ3) is 4.11. The first-order chi connectivity index (χ1) is 13.2. The minimum absolute atomic E-state index is 0.258. The number of hydrogen-bond donors (Lipinski definition) is 2. The molecule has 0 bridgehead atoms. The zero-order chi connectivity index (χ0) is 18.6. The quantitative estimate of drug-likeness (QED) is 0.689. The number of rotatable bonds is 6. The first-order valence-electron chi connectivity index (χ1n) is 9.36. The van der Waals surface area contributed by atoms with Gasteiger partial charge in [0.15, 0.2) is 0 Å². The Morgan fingerprint density at radius 2 is 1.89 bits per heavy atom. The van der Waals surface area contributed by atoms with Gasteiger partial charge in [0.2, 0.25) is 5.95 Å². The van der Waals surface area contributed by atoms with Crippen molar-refractivity contribution in [2.45, 2.75) is 18.9 Å². The van der Waals surface area contributed by atoms with Crippen molar-refractivity contribution < 1.29 is 4.74 Å². The minimum atomic E-state index is 0.258. The van der Waals surface area contributed by atoms with Crippen molar-refractivity contribution >= 4 is 34.0 Å². The van der Waals surface area contributed by atoms with Gasteiger partial charge in [0, 0.05) is 44.0 Å². The Kier molecular flexibility index (Phi) is 5.07. The fraction of sp³-hybridized carbons (Fsp3) is 0.333. The van der Waals surface area contributed by atoms with E-state index in [-0.39, 0.29) is 6.10 Å². The molecule has 1 fully saturated rings. The molecule has 4 rings (SSSR count). The molecule has 140 valence electrons. The van der Waals surface area contributed by atoms with Gasteiger partial charge in [0.25, 0.3) is 0 Å². The Balaban J connectivity index is 1.58. The number of anilines is 4. The highest BCUT2D eigenvalue weighted by Gasteiger charge is 2.16. The van der Waals surface area contributed by atoms with E-state index in [0.717, 1.165) is 54.1 Å². The van der Waals surface area contributed by atoms with Gasteiger partial charge in [-0.25, -0.2) is 4.98 Å². The Hall–Kier alpha value is -2.86. The predicted octanol–water partition coefficient (Wildman–Crippen LogP) is 4.03. The van der Waals surface area contributed by atoms with E-state index in [1.807, 2.05) is 50.5 Å². The van der Waals surface area contributed by atoms with Crippen molar-refractivity contribution in [2.75, 3.05) is 42.8 Å². The molecule has 0 spiro atoms. The van der Waals surface area contributed by atoms with Gasteiger partial charge >= 0.3 is 0 Å². The van der Waals surface area contributed by atoms with Crippen molar-refractivity contribution in [2.24, 2.45) is 0 Å². The number of nitrogens with zero attached hydrogens (tertiary/aromatic N) is 3. The summed E-state index contributed by atoms with van der Waals surface area (Å²) in [5.41, 5.74) is 3.02. The molecule has 1 saturated heterocycles. The van der Waals surface area contributed by atoms with Crippen LogP contribution >= 0.6 is 0 Å². The highest BCUT2D eigenvalue weighted by molar-refractivity contribution is 5.90. The van der Waals surface area contributed by atoms with Crippen LogP contribution in [0.2, 0.25) is 0 Å². The number of para-hydroxylation sites is 1. The minimum Gasteiger partial charge on any atom is -0.378 e. The number of aromatic nitrogens is 2. The molecule has 0 radical (unpaired) electrons. The van der Waals surface area contributed by atoms with E-state index in [0.29, 0.717) is 5.95 Å². The molecule has 1 aliphatic heterocycles. The number of nitrogens with one attached hydrogen (secondary N) is 2. The Bertz CT molecular complexity index is 904. The Labute approximate surface area is 159 Å². The molecule has 6 nitrogen and oxygen atoms in total. The van der Waals surface area contributed by atoms with Gasteiger partial charge in [-0.2, -0.15) is 4.98 Å². The SMILES string of the molecule is CN(C)c1ccc(Nc2nc(NCC3CCCO3)c3ccccc3n2)cc1. The average molecular weight is 363 g/mol. The molecule has 0 saturated carbocycles. The molecule has 0 amide bonds. The van der Waals surface area contributed by atoms with Gasteiger partial charge < -0.3 is 20.3 Å². The molecule has 2 N–H and O–H groups in total. The molecule has 1 aromatic heterocycles. The summed E-state index contributed by atoms with van der Waals surface area (Å²) in [6.07, 6.45) is 2.49. The monoisotopic (exact) mass is 363 g/mol. The molecule has 0 aliphatic carbocycles. The van der Waals surface area contributed by atoms with Crippen LogP contribution in [0.25, 0.3) is 10.9 Å². The van der Waals surface area contributed by atoms with E-state index >= 15 is 0 Å². The van der Waals surface area contributed by atoms with Gasteiger partial charge in [0.05, 0.1) is 11.6 Å². The van der Waals surface area contributed by atoms with E-state index in [1.165, 1.54) is 0 Å². The Morgan fingerprint density at radius 1 is 1.07 bits per heavy atom. The largest absolute Gasteiger partial charge is 0.378 e. The number of ether oxygens (including phenoxy) is 1. The lowest BCUT2D eigenvalue weighted by molar-refractivity contribution is 0.120. The molecule has 1 atom stereocenters. The fourth-order valence-corrected chi connectivity index (χ4v) is 3.26. The number of hydrogen-bond acceptors (Lipinski definition) is 6. The maximum atomic E-state index is 5.72. The van der Waals surface area contributed by atoms with E-state index < -0.39 is 0 Å². The van der Waals surface area contributed by atoms with Crippen LogP contribution in [0.3, 0.4) is 0 Å². The summed E-state index contributed by atoms with van der Waals surface area (Å²) >= 11 is 0. The third-order valence-electron chi connectivity index (χ3n) is 4.76. The molecule has 2 aromatic carbocycles. The van der Waals surface area contributed by atoms with Crippen molar-refractivity contribution in [3.8, 4) is 0 Å². The van der Waals surface area contributed by atoms with Crippen LogP contribution in [-0.2, 0) is 4.74 Å². The first kappa shape index (κ1) is 17.5. The van der Waals surface area contributed by atoms with Crippen molar-refractivity contribution in [1.29, 1.82) is 0 Å². The first-order valence-corrected chi connectivity index (χ1v) is 9.36. The summed E-state index contributed by atoms with van der Waals surface area (Å²) in [6.45, 7) is 1.62. The van der Waals surface area contributed by atoms with E-state index in [4.69, 9.17) is 9.72 Å².